The van der Waals surface area contributed by atoms with Crippen molar-refractivity contribution in [2.24, 2.45) is 0 Å². The maximum Gasteiger partial charge on any atom is 0.322 e. The van der Waals surface area contributed by atoms with Crippen LogP contribution in [0, 0.1) is 18.2 Å². The summed E-state index contributed by atoms with van der Waals surface area (Å²) in [7, 11) is 1.51. The number of rotatable bonds is 2. The summed E-state index contributed by atoms with van der Waals surface area (Å²) < 4.78 is 33.2. The zero-order valence-corrected chi connectivity index (χ0v) is 16.9. The van der Waals surface area contributed by atoms with E-state index in [-0.39, 0.29) is 34.7 Å². The predicted molar refractivity (Wildman–Crippen MR) is 111 cm³/mol. The zero-order chi connectivity index (χ0) is 22.3. The standard InChI is InChI=1S/C21H15ClF2N4O3/c1-25-16-5-10(3-4-13(16)22)26-21(30)28(2)18-9-31-8-17-19(18)11-6-14(23)15(24)7-12(11)20(29)27-17/h3-7,18H,8-9H2,2H3,(H,26,30)(H,27,29)/t18-/m1/s1. The van der Waals surface area contributed by atoms with Gasteiger partial charge in [0.2, 0.25) is 5.69 Å². The summed E-state index contributed by atoms with van der Waals surface area (Å²) in [5.74, 6) is -2.23. The van der Waals surface area contributed by atoms with Crippen molar-refractivity contribution in [3.05, 3.63) is 80.0 Å². The zero-order valence-electron chi connectivity index (χ0n) is 16.1. The quantitative estimate of drug-likeness (QED) is 0.560. The Kier molecular flexibility index (Phi) is 5.35. The van der Waals surface area contributed by atoms with E-state index in [2.05, 4.69) is 15.1 Å². The number of hydrogen-bond donors (Lipinski definition) is 2. The highest BCUT2D eigenvalue weighted by Crippen LogP contribution is 2.34. The number of anilines is 1. The van der Waals surface area contributed by atoms with Gasteiger partial charge in [0.25, 0.3) is 5.56 Å². The molecule has 2 amide bonds. The van der Waals surface area contributed by atoms with Crippen LogP contribution in [0.2, 0.25) is 5.02 Å². The molecule has 10 heteroatoms. The second kappa shape index (κ2) is 7.98. The first-order valence-electron chi connectivity index (χ1n) is 9.12. The monoisotopic (exact) mass is 444 g/mol. The van der Waals surface area contributed by atoms with Crippen molar-refractivity contribution in [2.45, 2.75) is 12.6 Å². The minimum Gasteiger partial charge on any atom is -0.373 e. The second-order valence-electron chi connectivity index (χ2n) is 7.01. The minimum absolute atomic E-state index is 0.0160. The third-order valence-electron chi connectivity index (χ3n) is 5.15. The molecule has 1 aromatic heterocycles. The van der Waals surface area contributed by atoms with Gasteiger partial charge in [0.1, 0.15) is 0 Å². The lowest BCUT2D eigenvalue weighted by atomic mass is 9.95. The van der Waals surface area contributed by atoms with Crippen LogP contribution in [-0.2, 0) is 11.3 Å². The lowest BCUT2D eigenvalue weighted by Gasteiger charge is -2.33. The number of likely N-dealkylation sites (N-methyl/N-ethyl adjacent to an activating group) is 1. The lowest BCUT2D eigenvalue weighted by Crippen LogP contribution is -2.39. The molecule has 1 aliphatic rings. The van der Waals surface area contributed by atoms with E-state index in [1.165, 1.54) is 24.1 Å². The fraction of sp³-hybridized carbons (Fsp3) is 0.190. The maximum atomic E-state index is 14.0. The molecule has 0 saturated carbocycles. The van der Waals surface area contributed by atoms with Crippen LogP contribution in [0.5, 0.6) is 0 Å². The summed E-state index contributed by atoms with van der Waals surface area (Å²) in [5, 5.41) is 3.14. The number of nitrogens with zero attached hydrogens (tertiary/aromatic N) is 2. The Morgan fingerprint density at radius 2 is 2.00 bits per heavy atom. The predicted octanol–water partition coefficient (Wildman–Crippen LogP) is 4.75. The molecule has 1 aliphatic heterocycles. The molecule has 4 rings (SSSR count). The van der Waals surface area contributed by atoms with Crippen molar-refractivity contribution in [3.8, 4) is 0 Å². The van der Waals surface area contributed by atoms with Gasteiger partial charge in [-0.3, -0.25) is 4.79 Å². The van der Waals surface area contributed by atoms with Crippen LogP contribution < -0.4 is 10.9 Å². The largest absolute Gasteiger partial charge is 0.373 e. The van der Waals surface area contributed by atoms with E-state index in [1.54, 1.807) is 6.07 Å². The van der Waals surface area contributed by atoms with Crippen LogP contribution in [-0.4, -0.2) is 29.6 Å². The number of aromatic amines is 1. The van der Waals surface area contributed by atoms with Crippen molar-refractivity contribution in [1.29, 1.82) is 0 Å². The summed E-state index contributed by atoms with van der Waals surface area (Å²) in [5.41, 5.74) is 0.853. The highest BCUT2D eigenvalue weighted by Gasteiger charge is 2.31. The topological polar surface area (TPSA) is 78.8 Å². The van der Waals surface area contributed by atoms with E-state index < -0.39 is 29.3 Å². The Labute approximate surface area is 180 Å². The number of amides is 2. The van der Waals surface area contributed by atoms with Crippen molar-refractivity contribution in [3.63, 3.8) is 0 Å². The first-order valence-corrected chi connectivity index (χ1v) is 9.50. The SMILES string of the molecule is [C-]#[N+]c1cc(NC(=O)N(C)[C@@H]2COCc3[nH]c(=O)c4cc(F)c(F)cc4c32)ccc1Cl. The van der Waals surface area contributed by atoms with Crippen molar-refractivity contribution < 1.29 is 18.3 Å². The molecule has 2 heterocycles. The summed E-state index contributed by atoms with van der Waals surface area (Å²) in [6.07, 6.45) is 0. The number of hydrogen-bond acceptors (Lipinski definition) is 3. The highest BCUT2D eigenvalue weighted by atomic mass is 35.5. The number of fused-ring (bicyclic) bond motifs is 3. The third kappa shape index (κ3) is 3.71. The van der Waals surface area contributed by atoms with Gasteiger partial charge in [-0.1, -0.05) is 17.7 Å². The molecule has 0 radical (unpaired) electrons. The number of nitrogens with one attached hydrogen (secondary N) is 2. The summed E-state index contributed by atoms with van der Waals surface area (Å²) >= 11 is 5.93. The normalized spacial score (nSPS) is 15.3. The van der Waals surface area contributed by atoms with Gasteiger partial charge in [-0.2, -0.15) is 0 Å². The van der Waals surface area contributed by atoms with Crippen molar-refractivity contribution in [2.75, 3.05) is 19.0 Å². The van der Waals surface area contributed by atoms with Crippen LogP contribution in [0.3, 0.4) is 0 Å². The molecular formula is C21H15ClF2N4O3. The van der Waals surface area contributed by atoms with Crippen molar-refractivity contribution in [1.82, 2.24) is 9.88 Å². The van der Waals surface area contributed by atoms with Gasteiger partial charge >= 0.3 is 6.03 Å². The molecule has 31 heavy (non-hydrogen) atoms. The summed E-state index contributed by atoms with van der Waals surface area (Å²) in [6, 6.07) is 5.09. The first kappa shape index (κ1) is 20.8. The molecular weight excluding hydrogens is 430 g/mol. The Morgan fingerprint density at radius 1 is 1.29 bits per heavy atom. The van der Waals surface area contributed by atoms with Crippen LogP contribution in [0.25, 0.3) is 15.6 Å². The van der Waals surface area contributed by atoms with Crippen LogP contribution in [0.15, 0.2) is 35.1 Å². The molecule has 3 aromatic rings. The molecule has 1 atom stereocenters. The van der Waals surface area contributed by atoms with E-state index in [0.717, 1.165) is 12.1 Å². The number of H-pyrrole nitrogens is 1. The number of aromatic nitrogens is 1. The Bertz CT molecular complexity index is 1320. The maximum absolute atomic E-state index is 14.0. The molecule has 7 nitrogen and oxygen atoms in total. The highest BCUT2D eigenvalue weighted by molar-refractivity contribution is 6.33. The average molecular weight is 445 g/mol. The number of urea groups is 1. The molecule has 0 spiro atoms. The fourth-order valence-electron chi connectivity index (χ4n) is 3.58. The molecule has 0 aliphatic carbocycles. The van der Waals surface area contributed by atoms with Gasteiger partial charge in [0, 0.05) is 29.0 Å². The lowest BCUT2D eigenvalue weighted by molar-refractivity contribution is 0.0527. The van der Waals surface area contributed by atoms with Gasteiger partial charge in [-0.15, -0.1) is 0 Å². The molecule has 158 valence electrons. The summed E-state index contributed by atoms with van der Waals surface area (Å²) in [6.45, 7) is 7.29. The van der Waals surface area contributed by atoms with Crippen LogP contribution in [0.1, 0.15) is 17.3 Å². The number of halogens is 3. The Hall–Kier alpha value is -3.48. The minimum atomic E-state index is -1.13. The van der Waals surface area contributed by atoms with E-state index in [9.17, 15) is 18.4 Å². The van der Waals surface area contributed by atoms with E-state index in [4.69, 9.17) is 22.9 Å². The smallest absolute Gasteiger partial charge is 0.322 e. The number of carbonyl (C=O) groups is 1. The average Bonchev–Trinajstić information content (AvgIpc) is 2.75. The number of ether oxygens (including phenoxy) is 1. The molecule has 0 fully saturated rings. The molecule has 2 N–H and O–H groups in total. The molecule has 0 bridgehead atoms. The molecule has 0 saturated heterocycles. The fourth-order valence-corrected chi connectivity index (χ4v) is 3.74. The second-order valence-corrected chi connectivity index (χ2v) is 7.42. The van der Waals surface area contributed by atoms with Gasteiger partial charge in [-0.05, 0) is 29.7 Å². The van der Waals surface area contributed by atoms with Gasteiger partial charge in [0.15, 0.2) is 11.6 Å². The number of carbonyl (C=O) groups excluding carboxylic acids is 1. The Balaban J connectivity index is 1.73. The first-order chi connectivity index (χ1) is 14.8. The van der Waals surface area contributed by atoms with Crippen LogP contribution in [0.4, 0.5) is 25.0 Å². The van der Waals surface area contributed by atoms with E-state index in [1.807, 2.05) is 0 Å². The molecule has 0 unspecified atom stereocenters. The Morgan fingerprint density at radius 3 is 2.71 bits per heavy atom. The van der Waals surface area contributed by atoms with Gasteiger partial charge in [-0.25, -0.2) is 18.4 Å². The third-order valence-corrected chi connectivity index (χ3v) is 5.47. The van der Waals surface area contributed by atoms with E-state index >= 15 is 0 Å². The molecule has 2 aromatic carbocycles. The number of benzene rings is 2. The number of pyridine rings is 1. The van der Waals surface area contributed by atoms with Gasteiger partial charge < -0.3 is 19.9 Å². The van der Waals surface area contributed by atoms with Crippen molar-refractivity contribution >= 4 is 39.8 Å². The van der Waals surface area contributed by atoms with Crippen LogP contribution >= 0.6 is 11.6 Å². The van der Waals surface area contributed by atoms with Gasteiger partial charge in [0.05, 0.1) is 31.2 Å². The van der Waals surface area contributed by atoms with E-state index in [0.29, 0.717) is 16.9 Å². The summed E-state index contributed by atoms with van der Waals surface area (Å²) in [4.78, 5) is 32.5.